The van der Waals surface area contributed by atoms with E-state index in [1.165, 1.54) is 5.56 Å². The molecule has 16 heavy (non-hydrogen) atoms. The summed E-state index contributed by atoms with van der Waals surface area (Å²) >= 11 is 0. The lowest BCUT2D eigenvalue weighted by Crippen LogP contribution is -2.32. The SMILES string of the molecule is N#CC1(C(=O)NCCc2ccccc2)CC1. The maximum atomic E-state index is 11.6. The highest BCUT2D eigenvalue weighted by Crippen LogP contribution is 2.44. The predicted octanol–water partition coefficient (Wildman–Crippen LogP) is 1.65. The first-order valence-electron chi connectivity index (χ1n) is 5.50. The van der Waals surface area contributed by atoms with Gasteiger partial charge in [-0.1, -0.05) is 30.3 Å². The van der Waals surface area contributed by atoms with Gasteiger partial charge in [-0.25, -0.2) is 0 Å². The molecule has 3 heteroatoms. The van der Waals surface area contributed by atoms with E-state index in [1.807, 2.05) is 30.3 Å². The molecule has 82 valence electrons. The number of amides is 1. The summed E-state index contributed by atoms with van der Waals surface area (Å²) in [5, 5.41) is 11.7. The largest absolute Gasteiger partial charge is 0.354 e. The molecule has 1 saturated carbocycles. The Morgan fingerprint density at radius 1 is 1.38 bits per heavy atom. The van der Waals surface area contributed by atoms with Gasteiger partial charge in [0.05, 0.1) is 6.07 Å². The van der Waals surface area contributed by atoms with Crippen LogP contribution in [0.5, 0.6) is 0 Å². The van der Waals surface area contributed by atoms with E-state index in [4.69, 9.17) is 5.26 Å². The van der Waals surface area contributed by atoms with Crippen molar-refractivity contribution in [3.8, 4) is 6.07 Å². The molecule has 3 nitrogen and oxygen atoms in total. The zero-order valence-corrected chi connectivity index (χ0v) is 9.07. The van der Waals surface area contributed by atoms with Gasteiger partial charge in [-0.15, -0.1) is 0 Å². The van der Waals surface area contributed by atoms with E-state index < -0.39 is 5.41 Å². The lowest BCUT2D eigenvalue weighted by molar-refractivity contribution is -0.124. The second-order valence-corrected chi connectivity index (χ2v) is 4.19. The lowest BCUT2D eigenvalue weighted by atomic mass is 10.1. The van der Waals surface area contributed by atoms with E-state index in [-0.39, 0.29) is 5.91 Å². The van der Waals surface area contributed by atoms with Gasteiger partial charge < -0.3 is 5.32 Å². The molecule has 1 aromatic rings. The van der Waals surface area contributed by atoms with Gasteiger partial charge in [-0.3, -0.25) is 4.79 Å². The number of nitrogens with one attached hydrogen (secondary N) is 1. The molecule has 1 fully saturated rings. The second-order valence-electron chi connectivity index (χ2n) is 4.19. The van der Waals surface area contributed by atoms with Crippen LogP contribution in [0.4, 0.5) is 0 Å². The molecule has 1 amide bonds. The maximum absolute atomic E-state index is 11.6. The van der Waals surface area contributed by atoms with Crippen LogP contribution in [0.1, 0.15) is 18.4 Å². The Balaban J connectivity index is 1.77. The van der Waals surface area contributed by atoms with Gasteiger partial charge in [0.1, 0.15) is 5.41 Å². The van der Waals surface area contributed by atoms with Crippen molar-refractivity contribution in [2.24, 2.45) is 5.41 Å². The van der Waals surface area contributed by atoms with Gasteiger partial charge in [0.25, 0.3) is 0 Å². The van der Waals surface area contributed by atoms with Crippen LogP contribution in [0, 0.1) is 16.7 Å². The molecule has 1 aliphatic carbocycles. The van der Waals surface area contributed by atoms with Crippen molar-refractivity contribution >= 4 is 5.91 Å². The number of nitrogens with zero attached hydrogens (tertiary/aromatic N) is 1. The number of hydrogen-bond donors (Lipinski definition) is 1. The summed E-state index contributed by atoms with van der Waals surface area (Å²) in [6, 6.07) is 12.1. The zero-order valence-electron chi connectivity index (χ0n) is 9.07. The summed E-state index contributed by atoms with van der Waals surface area (Å²) in [5.74, 6) is -0.106. The molecule has 1 N–H and O–H groups in total. The highest BCUT2D eigenvalue weighted by atomic mass is 16.2. The van der Waals surface area contributed by atoms with Crippen LogP contribution in [0.2, 0.25) is 0 Å². The van der Waals surface area contributed by atoms with E-state index in [0.29, 0.717) is 19.4 Å². The third-order valence-electron chi connectivity index (χ3n) is 2.94. The van der Waals surface area contributed by atoms with Crippen LogP contribution < -0.4 is 5.32 Å². The summed E-state index contributed by atoms with van der Waals surface area (Å²) in [4.78, 5) is 11.6. The monoisotopic (exact) mass is 214 g/mol. The third kappa shape index (κ3) is 2.22. The molecule has 0 unspecified atom stereocenters. The van der Waals surface area contributed by atoms with Crippen molar-refractivity contribution in [1.29, 1.82) is 5.26 Å². The fourth-order valence-electron chi connectivity index (χ4n) is 1.65. The summed E-state index contributed by atoms with van der Waals surface area (Å²) in [6.45, 7) is 0.603. The quantitative estimate of drug-likeness (QED) is 0.828. The molecule has 0 aliphatic heterocycles. The minimum absolute atomic E-state index is 0.106. The van der Waals surface area contributed by atoms with Crippen LogP contribution in [0.25, 0.3) is 0 Å². The first-order chi connectivity index (χ1) is 7.77. The Bertz CT molecular complexity index is 415. The van der Waals surface area contributed by atoms with E-state index in [9.17, 15) is 4.79 Å². The van der Waals surface area contributed by atoms with Crippen LogP contribution in [-0.4, -0.2) is 12.5 Å². The fourth-order valence-corrected chi connectivity index (χ4v) is 1.65. The molecule has 0 spiro atoms. The maximum Gasteiger partial charge on any atom is 0.240 e. The number of benzene rings is 1. The van der Waals surface area contributed by atoms with Crippen molar-refractivity contribution in [2.45, 2.75) is 19.3 Å². The molecule has 1 aromatic carbocycles. The van der Waals surface area contributed by atoms with Crippen molar-refractivity contribution in [1.82, 2.24) is 5.32 Å². The minimum Gasteiger partial charge on any atom is -0.354 e. The number of rotatable bonds is 4. The first kappa shape index (κ1) is 10.7. The summed E-state index contributed by atoms with van der Waals surface area (Å²) in [6.07, 6.45) is 2.23. The molecule has 0 aromatic heterocycles. The second kappa shape index (κ2) is 4.36. The van der Waals surface area contributed by atoms with Gasteiger partial charge in [0, 0.05) is 6.54 Å². The average Bonchev–Trinajstić information content (AvgIpc) is 3.11. The van der Waals surface area contributed by atoms with Gasteiger partial charge in [-0.2, -0.15) is 5.26 Å². The topological polar surface area (TPSA) is 52.9 Å². The van der Waals surface area contributed by atoms with Crippen LogP contribution in [0.3, 0.4) is 0 Å². The molecule has 0 bridgehead atoms. The number of nitriles is 1. The number of hydrogen-bond acceptors (Lipinski definition) is 2. The smallest absolute Gasteiger partial charge is 0.240 e. The molecule has 0 saturated heterocycles. The minimum atomic E-state index is -0.698. The number of carbonyl (C=O) groups excluding carboxylic acids is 1. The molecule has 0 atom stereocenters. The van der Waals surface area contributed by atoms with Gasteiger partial charge in [0.15, 0.2) is 0 Å². The van der Waals surface area contributed by atoms with Crippen LogP contribution >= 0.6 is 0 Å². The van der Waals surface area contributed by atoms with Gasteiger partial charge in [-0.05, 0) is 24.8 Å². The Hall–Kier alpha value is -1.82. The highest BCUT2D eigenvalue weighted by molar-refractivity contribution is 5.88. The van der Waals surface area contributed by atoms with E-state index in [0.717, 1.165) is 6.42 Å². The Morgan fingerprint density at radius 2 is 2.06 bits per heavy atom. The van der Waals surface area contributed by atoms with Crippen molar-refractivity contribution < 1.29 is 4.79 Å². The Kier molecular flexibility index (Phi) is 2.91. The summed E-state index contributed by atoms with van der Waals surface area (Å²) < 4.78 is 0. The van der Waals surface area contributed by atoms with E-state index >= 15 is 0 Å². The van der Waals surface area contributed by atoms with Crippen LogP contribution in [0.15, 0.2) is 30.3 Å². The molecular formula is C13H14N2O. The average molecular weight is 214 g/mol. The molecule has 2 rings (SSSR count). The molecule has 0 heterocycles. The summed E-state index contributed by atoms with van der Waals surface area (Å²) in [7, 11) is 0. The fraction of sp³-hybridized carbons (Fsp3) is 0.385. The van der Waals surface area contributed by atoms with E-state index in [2.05, 4.69) is 11.4 Å². The van der Waals surface area contributed by atoms with Crippen molar-refractivity contribution in [2.75, 3.05) is 6.54 Å². The van der Waals surface area contributed by atoms with Gasteiger partial charge in [0.2, 0.25) is 5.91 Å². The van der Waals surface area contributed by atoms with Crippen LogP contribution in [-0.2, 0) is 11.2 Å². The third-order valence-corrected chi connectivity index (χ3v) is 2.94. The Labute approximate surface area is 95.1 Å². The first-order valence-corrected chi connectivity index (χ1v) is 5.50. The zero-order chi connectivity index (χ0) is 11.4. The van der Waals surface area contributed by atoms with Crippen molar-refractivity contribution in [3.05, 3.63) is 35.9 Å². The van der Waals surface area contributed by atoms with E-state index in [1.54, 1.807) is 0 Å². The molecule has 1 aliphatic rings. The Morgan fingerprint density at radius 3 is 2.62 bits per heavy atom. The normalized spacial score (nSPS) is 16.2. The summed E-state index contributed by atoms with van der Waals surface area (Å²) in [5.41, 5.74) is 0.501. The predicted molar refractivity (Wildman–Crippen MR) is 60.4 cm³/mol. The highest BCUT2D eigenvalue weighted by Gasteiger charge is 2.50. The number of carbonyl (C=O) groups is 1. The standard InChI is InChI=1S/C13H14N2O/c14-10-13(7-8-13)12(16)15-9-6-11-4-2-1-3-5-11/h1-5H,6-9H2,(H,15,16). The molecule has 0 radical (unpaired) electrons. The van der Waals surface area contributed by atoms with Crippen molar-refractivity contribution in [3.63, 3.8) is 0 Å². The molecular weight excluding hydrogens is 200 g/mol. The van der Waals surface area contributed by atoms with Gasteiger partial charge >= 0.3 is 0 Å². The lowest BCUT2D eigenvalue weighted by Gasteiger charge is -2.07.